The van der Waals surface area contributed by atoms with Crippen LogP contribution in [0.25, 0.3) is 6.08 Å². The van der Waals surface area contributed by atoms with E-state index in [-0.39, 0.29) is 12.3 Å². The highest BCUT2D eigenvalue weighted by molar-refractivity contribution is 9.10. The molecule has 0 bridgehead atoms. The van der Waals surface area contributed by atoms with E-state index in [4.69, 9.17) is 5.21 Å². The van der Waals surface area contributed by atoms with Gasteiger partial charge < -0.3 is 9.84 Å². The molecule has 0 aliphatic heterocycles. The van der Waals surface area contributed by atoms with Gasteiger partial charge >= 0.3 is 5.97 Å². The van der Waals surface area contributed by atoms with Crippen LogP contribution in [0.3, 0.4) is 0 Å². The first-order valence-electron chi connectivity index (χ1n) is 4.70. The van der Waals surface area contributed by atoms with Gasteiger partial charge in [-0.05, 0) is 34.7 Å². The summed E-state index contributed by atoms with van der Waals surface area (Å²) in [4.78, 5) is 15.0. The highest BCUT2D eigenvalue weighted by atomic mass is 79.9. The van der Waals surface area contributed by atoms with Crippen molar-refractivity contribution in [2.24, 2.45) is 0 Å². The third-order valence-corrected chi connectivity index (χ3v) is 2.22. The van der Waals surface area contributed by atoms with Gasteiger partial charge in [0, 0.05) is 5.56 Å². The molecular weight excluding hydrogens is 292 g/mol. The molecule has 92 valence electrons. The molecule has 0 saturated carbocycles. The van der Waals surface area contributed by atoms with E-state index in [2.05, 4.69) is 25.7 Å². The highest BCUT2D eigenvalue weighted by Crippen LogP contribution is 2.20. The molecule has 7 heteroatoms. The van der Waals surface area contributed by atoms with Crippen molar-refractivity contribution in [1.82, 2.24) is 4.98 Å². The third-order valence-electron chi connectivity index (χ3n) is 1.79. The smallest absolute Gasteiger partial charge is 0.322 e. The summed E-state index contributed by atoms with van der Waals surface area (Å²) in [6, 6.07) is 1.48. The van der Waals surface area contributed by atoms with Crippen molar-refractivity contribution in [3.05, 3.63) is 28.2 Å². The molecule has 0 unspecified atom stereocenters. The molecule has 2 N–H and O–H groups in total. The Labute approximate surface area is 106 Å². The van der Waals surface area contributed by atoms with E-state index in [1.807, 2.05) is 5.48 Å². The lowest BCUT2D eigenvalue weighted by Gasteiger charge is -2.11. The molecule has 0 atom stereocenters. The maximum Gasteiger partial charge on any atom is 0.322 e. The van der Waals surface area contributed by atoms with Gasteiger partial charge in [-0.2, -0.15) is 0 Å². The molecule has 1 heterocycles. The van der Waals surface area contributed by atoms with Gasteiger partial charge in [-0.3, -0.25) is 10.7 Å². The van der Waals surface area contributed by atoms with Crippen LogP contribution >= 0.6 is 15.9 Å². The van der Waals surface area contributed by atoms with E-state index in [0.717, 1.165) is 6.08 Å². The molecule has 0 fully saturated rings. The summed E-state index contributed by atoms with van der Waals surface area (Å²) in [5, 5.41) is 20.2. The average molecular weight is 302 g/mol. The predicted molar refractivity (Wildman–Crippen MR) is 62.0 cm³/mol. The minimum atomic E-state index is -0.940. The second-order valence-corrected chi connectivity index (χ2v) is 3.75. The summed E-state index contributed by atoms with van der Waals surface area (Å²) in [5.74, 6) is -1.74. The van der Waals surface area contributed by atoms with Crippen molar-refractivity contribution in [3.8, 4) is 0 Å². The Morgan fingerprint density at radius 3 is 3.06 bits per heavy atom. The number of rotatable bonds is 4. The summed E-state index contributed by atoms with van der Waals surface area (Å²) in [6.45, 7) is 1.73. The molecule has 0 radical (unpaired) electrons. The molecule has 6 nitrogen and oxygen atoms in total. The lowest BCUT2D eigenvalue weighted by atomic mass is 10.2. The molecular formula is C10H10BrN2O4-. The van der Waals surface area contributed by atoms with Gasteiger partial charge in [0.2, 0.25) is 0 Å². The maximum atomic E-state index is 11.4. The molecule has 1 aromatic rings. The van der Waals surface area contributed by atoms with Gasteiger partial charge in [-0.25, -0.2) is 9.78 Å². The first-order valence-corrected chi connectivity index (χ1v) is 5.49. The van der Waals surface area contributed by atoms with E-state index in [1.54, 1.807) is 6.92 Å². The molecule has 1 aromatic heterocycles. The predicted octanol–water partition coefficient (Wildman–Crippen LogP) is 0.909. The van der Waals surface area contributed by atoms with Crippen LogP contribution in [-0.4, -0.2) is 22.8 Å². The molecule has 0 aliphatic rings. The number of carbonyl (C=O) groups excluding carboxylic acids is 1. The van der Waals surface area contributed by atoms with Crippen LogP contribution in [0.4, 0.5) is 5.69 Å². The van der Waals surface area contributed by atoms with Crippen LogP contribution in [0.1, 0.15) is 12.5 Å². The molecule has 0 spiro atoms. The fraction of sp³-hybridized carbons (Fsp3) is 0.200. The largest absolute Gasteiger partial charge is 0.868 e. The Hall–Kier alpha value is -1.60. The number of aromatic nitrogens is 1. The zero-order chi connectivity index (χ0) is 12.8. The Morgan fingerprint density at radius 1 is 1.76 bits per heavy atom. The van der Waals surface area contributed by atoms with Gasteiger partial charge in [0.25, 0.3) is 0 Å². The number of hydrogen-bond donors (Lipinski definition) is 2. The maximum absolute atomic E-state index is 11.4. The molecule has 0 aromatic carbocycles. The Bertz CT molecular complexity index is 448. The van der Waals surface area contributed by atoms with Crippen molar-refractivity contribution < 1.29 is 19.8 Å². The summed E-state index contributed by atoms with van der Waals surface area (Å²) in [7, 11) is 0. The quantitative estimate of drug-likeness (QED) is 0.282. The number of pyridine rings is 1. The first kappa shape index (κ1) is 13.5. The van der Waals surface area contributed by atoms with Crippen molar-refractivity contribution in [2.75, 3.05) is 12.1 Å². The van der Waals surface area contributed by atoms with Crippen molar-refractivity contribution >= 4 is 33.7 Å². The Balaban J connectivity index is 3.03. The molecule has 0 aliphatic carbocycles. The van der Waals surface area contributed by atoms with E-state index in [1.165, 1.54) is 12.3 Å². The number of anilines is 1. The second-order valence-electron chi connectivity index (χ2n) is 2.94. The zero-order valence-electron chi connectivity index (χ0n) is 8.94. The topological polar surface area (TPSA) is 94.5 Å². The van der Waals surface area contributed by atoms with Gasteiger partial charge in [-0.15, -0.1) is 0 Å². The SMILES string of the molecule is CCOC(=O)/C([O-])=C\c1cc(Br)ncc1NO. The average Bonchev–Trinajstić information content (AvgIpc) is 2.29. The summed E-state index contributed by atoms with van der Waals surface area (Å²) < 4.78 is 5.02. The minimum absolute atomic E-state index is 0.129. The Kier molecular flexibility index (Phi) is 4.92. The molecule has 17 heavy (non-hydrogen) atoms. The van der Waals surface area contributed by atoms with E-state index < -0.39 is 11.7 Å². The number of carbonyl (C=O) groups is 1. The summed E-state index contributed by atoms with van der Waals surface area (Å²) in [5.41, 5.74) is 2.42. The fourth-order valence-corrected chi connectivity index (χ4v) is 1.41. The van der Waals surface area contributed by atoms with Crippen LogP contribution in [0.15, 0.2) is 22.6 Å². The minimum Gasteiger partial charge on any atom is -0.868 e. The number of esters is 1. The van der Waals surface area contributed by atoms with Crippen LogP contribution in [0, 0.1) is 0 Å². The highest BCUT2D eigenvalue weighted by Gasteiger charge is 2.04. The lowest BCUT2D eigenvalue weighted by molar-refractivity contribution is -0.301. The molecule has 0 saturated heterocycles. The van der Waals surface area contributed by atoms with Gasteiger partial charge in [-0.1, -0.05) is 6.08 Å². The number of ether oxygens (including phenoxy) is 1. The van der Waals surface area contributed by atoms with Gasteiger partial charge in [0.1, 0.15) is 4.60 Å². The number of halogens is 1. The van der Waals surface area contributed by atoms with E-state index in [9.17, 15) is 9.90 Å². The summed E-state index contributed by atoms with van der Waals surface area (Å²) in [6.07, 6.45) is 2.37. The fourth-order valence-electron chi connectivity index (χ4n) is 1.06. The zero-order valence-corrected chi connectivity index (χ0v) is 10.5. The van der Waals surface area contributed by atoms with Gasteiger partial charge in [0.05, 0.1) is 18.5 Å². The van der Waals surface area contributed by atoms with Crippen molar-refractivity contribution in [3.63, 3.8) is 0 Å². The Morgan fingerprint density at radius 2 is 2.47 bits per heavy atom. The number of nitrogens with zero attached hydrogens (tertiary/aromatic N) is 1. The third kappa shape index (κ3) is 3.72. The summed E-state index contributed by atoms with van der Waals surface area (Å²) >= 11 is 3.12. The monoisotopic (exact) mass is 301 g/mol. The van der Waals surface area contributed by atoms with Crippen LogP contribution in [0.2, 0.25) is 0 Å². The van der Waals surface area contributed by atoms with E-state index >= 15 is 0 Å². The first-order chi connectivity index (χ1) is 8.08. The van der Waals surface area contributed by atoms with Crippen LogP contribution < -0.4 is 10.6 Å². The van der Waals surface area contributed by atoms with Crippen molar-refractivity contribution in [1.29, 1.82) is 0 Å². The normalized spacial score (nSPS) is 11.1. The standard InChI is InChI=1S/C10H11BrN2O4/c1-2-17-10(15)8(14)3-6-4-9(11)12-5-7(6)13-16/h3-5,13-14,16H,2H2,1H3/p-1/b8-3+. The second kappa shape index (κ2) is 6.21. The van der Waals surface area contributed by atoms with Crippen LogP contribution in [0.5, 0.6) is 0 Å². The van der Waals surface area contributed by atoms with Crippen LogP contribution in [-0.2, 0) is 9.53 Å². The number of hydrogen-bond acceptors (Lipinski definition) is 6. The number of nitrogens with one attached hydrogen (secondary N) is 1. The van der Waals surface area contributed by atoms with E-state index in [0.29, 0.717) is 10.2 Å². The molecule has 0 amide bonds. The van der Waals surface area contributed by atoms with Gasteiger partial charge in [0.15, 0.2) is 0 Å². The lowest BCUT2D eigenvalue weighted by Crippen LogP contribution is -2.18. The van der Waals surface area contributed by atoms with Crippen molar-refractivity contribution in [2.45, 2.75) is 6.92 Å². The molecule has 1 rings (SSSR count).